The summed E-state index contributed by atoms with van der Waals surface area (Å²) in [5.74, 6) is -0.921. The first kappa shape index (κ1) is 16.8. The van der Waals surface area contributed by atoms with E-state index in [1.165, 1.54) is 4.88 Å². The summed E-state index contributed by atoms with van der Waals surface area (Å²) < 4.78 is 0. The number of likely N-dealkylation sites (tertiary alicyclic amines) is 1. The van der Waals surface area contributed by atoms with Crippen molar-refractivity contribution in [1.29, 1.82) is 0 Å². The lowest BCUT2D eigenvalue weighted by Gasteiger charge is -2.30. The maximum Gasteiger partial charge on any atom is 0.307 e. The van der Waals surface area contributed by atoms with Gasteiger partial charge in [0, 0.05) is 22.8 Å². The zero-order chi connectivity index (χ0) is 16.4. The van der Waals surface area contributed by atoms with Crippen LogP contribution in [0.25, 0.3) is 10.4 Å². The Balaban J connectivity index is 1.69. The fourth-order valence-electron chi connectivity index (χ4n) is 2.89. The van der Waals surface area contributed by atoms with Crippen LogP contribution in [-0.2, 0) is 11.3 Å². The molecular weight excluding hydrogens is 353 g/mol. The van der Waals surface area contributed by atoms with Gasteiger partial charge in [0.1, 0.15) is 0 Å². The summed E-state index contributed by atoms with van der Waals surface area (Å²) >= 11 is 13.8. The minimum atomic E-state index is -0.683. The van der Waals surface area contributed by atoms with Gasteiger partial charge in [-0.1, -0.05) is 29.3 Å². The summed E-state index contributed by atoms with van der Waals surface area (Å²) in [7, 11) is 0. The predicted octanol–water partition coefficient (Wildman–Crippen LogP) is 5.02. The van der Waals surface area contributed by atoms with E-state index in [2.05, 4.69) is 17.0 Å². The van der Waals surface area contributed by atoms with Gasteiger partial charge >= 0.3 is 5.97 Å². The minimum absolute atomic E-state index is 0.238. The summed E-state index contributed by atoms with van der Waals surface area (Å²) in [5.41, 5.74) is 1.05. The fourth-order valence-corrected chi connectivity index (χ4v) is 4.23. The third kappa shape index (κ3) is 4.07. The molecule has 1 saturated heterocycles. The SMILES string of the molecule is O=C(O)C1CCCN(Cc2ccc(-c3ccc(Cl)c(Cl)c3)s2)C1. The molecule has 3 nitrogen and oxygen atoms in total. The molecule has 1 N–H and O–H groups in total. The van der Waals surface area contributed by atoms with Gasteiger partial charge in [0.05, 0.1) is 16.0 Å². The normalized spacial score (nSPS) is 19.0. The van der Waals surface area contributed by atoms with Crippen LogP contribution in [0.1, 0.15) is 17.7 Å². The first-order valence-corrected chi connectivity index (χ1v) is 9.09. The Hall–Kier alpha value is -1.07. The van der Waals surface area contributed by atoms with Crippen molar-refractivity contribution in [3.63, 3.8) is 0 Å². The number of rotatable bonds is 4. The van der Waals surface area contributed by atoms with Gasteiger partial charge in [0.15, 0.2) is 0 Å². The number of halogens is 2. The molecular formula is C17H17Cl2NO2S. The number of aliphatic carboxylic acids is 1. The Labute approximate surface area is 149 Å². The maximum absolute atomic E-state index is 11.2. The number of thiophene rings is 1. The number of hydrogen-bond donors (Lipinski definition) is 1. The van der Waals surface area contributed by atoms with Crippen LogP contribution < -0.4 is 0 Å². The summed E-state index contributed by atoms with van der Waals surface area (Å²) in [5, 5.41) is 10.3. The third-order valence-corrected chi connectivity index (χ3v) is 5.96. The van der Waals surface area contributed by atoms with Gasteiger partial charge in [-0.2, -0.15) is 0 Å². The van der Waals surface area contributed by atoms with Crippen molar-refractivity contribution in [2.45, 2.75) is 19.4 Å². The molecule has 0 saturated carbocycles. The molecule has 1 unspecified atom stereocenters. The van der Waals surface area contributed by atoms with E-state index >= 15 is 0 Å². The predicted molar refractivity (Wildman–Crippen MR) is 95.4 cm³/mol. The highest BCUT2D eigenvalue weighted by atomic mass is 35.5. The number of hydrogen-bond acceptors (Lipinski definition) is 3. The number of nitrogens with zero attached hydrogens (tertiary/aromatic N) is 1. The van der Waals surface area contributed by atoms with Gasteiger partial charge in [-0.3, -0.25) is 9.69 Å². The second-order valence-electron chi connectivity index (χ2n) is 5.81. The van der Waals surface area contributed by atoms with Gasteiger partial charge in [-0.25, -0.2) is 0 Å². The lowest BCUT2D eigenvalue weighted by atomic mass is 9.98. The molecule has 1 aromatic heterocycles. The van der Waals surface area contributed by atoms with Crippen LogP contribution in [0.15, 0.2) is 30.3 Å². The molecule has 3 rings (SSSR count). The van der Waals surface area contributed by atoms with Crippen molar-refractivity contribution in [1.82, 2.24) is 4.90 Å². The van der Waals surface area contributed by atoms with Gasteiger partial charge in [0.25, 0.3) is 0 Å². The second kappa shape index (κ2) is 7.22. The van der Waals surface area contributed by atoms with Gasteiger partial charge in [-0.15, -0.1) is 11.3 Å². The average Bonchev–Trinajstić information content (AvgIpc) is 2.99. The van der Waals surface area contributed by atoms with E-state index in [4.69, 9.17) is 23.2 Å². The first-order chi connectivity index (χ1) is 11.0. The Morgan fingerprint density at radius 1 is 1.26 bits per heavy atom. The van der Waals surface area contributed by atoms with E-state index in [1.807, 2.05) is 12.1 Å². The van der Waals surface area contributed by atoms with E-state index in [1.54, 1.807) is 17.4 Å². The molecule has 1 fully saturated rings. The van der Waals surface area contributed by atoms with Crippen molar-refractivity contribution in [3.05, 3.63) is 45.3 Å². The van der Waals surface area contributed by atoms with Crippen molar-refractivity contribution in [3.8, 4) is 10.4 Å². The lowest BCUT2D eigenvalue weighted by molar-refractivity contribution is -0.143. The van der Waals surface area contributed by atoms with E-state index in [0.29, 0.717) is 16.6 Å². The molecule has 2 aromatic rings. The van der Waals surface area contributed by atoms with E-state index < -0.39 is 5.97 Å². The van der Waals surface area contributed by atoms with Crippen LogP contribution >= 0.6 is 34.5 Å². The van der Waals surface area contributed by atoms with Crippen molar-refractivity contribution >= 4 is 40.5 Å². The van der Waals surface area contributed by atoms with Crippen LogP contribution in [0.5, 0.6) is 0 Å². The molecule has 23 heavy (non-hydrogen) atoms. The first-order valence-electron chi connectivity index (χ1n) is 7.52. The highest BCUT2D eigenvalue weighted by Crippen LogP contribution is 2.33. The summed E-state index contributed by atoms with van der Waals surface area (Å²) in [6, 6.07) is 9.83. The Bertz CT molecular complexity index is 716. The topological polar surface area (TPSA) is 40.5 Å². The summed E-state index contributed by atoms with van der Waals surface area (Å²) in [6.07, 6.45) is 1.73. The van der Waals surface area contributed by atoms with E-state index in [-0.39, 0.29) is 5.92 Å². The molecule has 2 heterocycles. The standard InChI is InChI=1S/C17H17Cl2NO2S/c18-14-5-3-11(8-15(14)19)16-6-4-13(23-16)10-20-7-1-2-12(9-20)17(21)22/h3-6,8,12H,1-2,7,9-10H2,(H,21,22). The number of carboxylic acids is 1. The molecule has 1 atom stereocenters. The molecule has 1 aliphatic heterocycles. The number of piperidine rings is 1. The summed E-state index contributed by atoms with van der Waals surface area (Å²) in [6.45, 7) is 2.40. The Morgan fingerprint density at radius 2 is 2.09 bits per heavy atom. The van der Waals surface area contributed by atoms with Crippen LogP contribution in [0.3, 0.4) is 0 Å². The number of benzene rings is 1. The van der Waals surface area contributed by atoms with E-state index in [9.17, 15) is 9.90 Å². The molecule has 0 spiro atoms. The Kier molecular flexibility index (Phi) is 5.27. The van der Waals surface area contributed by atoms with Crippen molar-refractivity contribution in [2.75, 3.05) is 13.1 Å². The molecule has 122 valence electrons. The zero-order valence-corrected chi connectivity index (χ0v) is 14.8. The van der Waals surface area contributed by atoms with Gasteiger partial charge in [-0.05, 0) is 49.2 Å². The molecule has 6 heteroatoms. The van der Waals surface area contributed by atoms with Crippen molar-refractivity contribution < 1.29 is 9.90 Å². The second-order valence-corrected chi connectivity index (χ2v) is 7.79. The van der Waals surface area contributed by atoms with E-state index in [0.717, 1.165) is 36.4 Å². The van der Waals surface area contributed by atoms with Gasteiger partial charge < -0.3 is 5.11 Å². The molecule has 1 aromatic carbocycles. The highest BCUT2D eigenvalue weighted by Gasteiger charge is 2.25. The van der Waals surface area contributed by atoms with Crippen LogP contribution in [0.2, 0.25) is 10.0 Å². The Morgan fingerprint density at radius 3 is 2.83 bits per heavy atom. The monoisotopic (exact) mass is 369 g/mol. The molecule has 0 bridgehead atoms. The molecule has 0 radical (unpaired) electrons. The highest BCUT2D eigenvalue weighted by molar-refractivity contribution is 7.15. The van der Waals surface area contributed by atoms with Crippen LogP contribution in [0.4, 0.5) is 0 Å². The molecule has 1 aliphatic rings. The molecule has 0 amide bonds. The minimum Gasteiger partial charge on any atom is -0.481 e. The maximum atomic E-state index is 11.2. The third-order valence-electron chi connectivity index (χ3n) is 4.10. The lowest BCUT2D eigenvalue weighted by Crippen LogP contribution is -2.37. The smallest absolute Gasteiger partial charge is 0.307 e. The number of carbonyl (C=O) groups is 1. The fraction of sp³-hybridized carbons (Fsp3) is 0.353. The van der Waals surface area contributed by atoms with Gasteiger partial charge in [0.2, 0.25) is 0 Å². The number of carboxylic acid groups (broad SMARTS) is 1. The van der Waals surface area contributed by atoms with Crippen LogP contribution in [0, 0.1) is 5.92 Å². The van der Waals surface area contributed by atoms with Crippen LogP contribution in [-0.4, -0.2) is 29.1 Å². The average molecular weight is 370 g/mol. The quantitative estimate of drug-likeness (QED) is 0.822. The summed E-state index contributed by atoms with van der Waals surface area (Å²) in [4.78, 5) is 15.8. The van der Waals surface area contributed by atoms with Crippen molar-refractivity contribution in [2.24, 2.45) is 5.92 Å². The largest absolute Gasteiger partial charge is 0.481 e. The zero-order valence-electron chi connectivity index (χ0n) is 12.5. The molecule has 0 aliphatic carbocycles.